The minimum Gasteiger partial charge on any atom is -0.415 e. The fourth-order valence-electron chi connectivity index (χ4n) is 9.58. The van der Waals surface area contributed by atoms with Crippen LogP contribution in [0.1, 0.15) is 105 Å². The SMILES string of the molecule is C[C@H](CCC(C)(C)O)[C@H]1CCC2C3CC[C@H]4CC(O[Si](C)(C)C)CC[C@]4(C)C3CC[C@@]21C. The lowest BCUT2D eigenvalue weighted by Gasteiger charge is -2.61. The molecule has 4 saturated carbocycles. The maximum absolute atomic E-state index is 10.3. The van der Waals surface area contributed by atoms with Gasteiger partial charge in [-0.15, -0.1) is 0 Å². The predicted molar refractivity (Wildman–Crippen MR) is 138 cm³/mol. The summed E-state index contributed by atoms with van der Waals surface area (Å²) in [6.45, 7) is 18.9. The summed E-state index contributed by atoms with van der Waals surface area (Å²) in [5.41, 5.74) is 0.589. The lowest BCUT2D eigenvalue weighted by molar-refractivity contribution is -0.127. The van der Waals surface area contributed by atoms with Gasteiger partial charge in [0.1, 0.15) is 0 Å². The van der Waals surface area contributed by atoms with Gasteiger partial charge in [-0.2, -0.15) is 0 Å². The summed E-state index contributed by atoms with van der Waals surface area (Å²) in [4.78, 5) is 0. The van der Waals surface area contributed by atoms with Crippen molar-refractivity contribution in [2.24, 2.45) is 46.3 Å². The van der Waals surface area contributed by atoms with Crippen LogP contribution in [-0.4, -0.2) is 25.1 Å². The number of hydrogen-bond acceptors (Lipinski definition) is 2. The Bertz CT molecular complexity index is 663. The Morgan fingerprint density at radius 1 is 0.938 bits per heavy atom. The van der Waals surface area contributed by atoms with Gasteiger partial charge in [-0.05, 0) is 150 Å². The van der Waals surface area contributed by atoms with E-state index in [0.29, 0.717) is 16.9 Å². The number of rotatable bonds is 6. The molecule has 4 rings (SSSR count). The van der Waals surface area contributed by atoms with Crippen LogP contribution >= 0.6 is 0 Å². The van der Waals surface area contributed by atoms with E-state index in [-0.39, 0.29) is 0 Å². The van der Waals surface area contributed by atoms with E-state index in [1.165, 1.54) is 64.2 Å². The summed E-state index contributed by atoms with van der Waals surface area (Å²) in [7, 11) is -1.44. The van der Waals surface area contributed by atoms with Crippen molar-refractivity contribution < 1.29 is 9.53 Å². The van der Waals surface area contributed by atoms with Crippen molar-refractivity contribution in [2.75, 3.05) is 0 Å². The van der Waals surface area contributed by atoms with E-state index in [1.807, 2.05) is 13.8 Å². The van der Waals surface area contributed by atoms with Gasteiger partial charge in [0.2, 0.25) is 0 Å². The van der Waals surface area contributed by atoms with Crippen molar-refractivity contribution >= 4 is 8.32 Å². The molecule has 0 bridgehead atoms. The third kappa shape index (κ3) is 4.78. The zero-order valence-electron chi connectivity index (χ0n) is 22.7. The van der Waals surface area contributed by atoms with Crippen molar-refractivity contribution in [3.8, 4) is 0 Å². The van der Waals surface area contributed by atoms with E-state index in [1.54, 1.807) is 0 Å². The molecule has 0 heterocycles. The zero-order valence-corrected chi connectivity index (χ0v) is 23.7. The molecule has 3 heteroatoms. The Balaban J connectivity index is 1.45. The van der Waals surface area contributed by atoms with Gasteiger partial charge < -0.3 is 9.53 Å². The molecule has 0 aromatic rings. The molecule has 9 atom stereocenters. The van der Waals surface area contributed by atoms with Gasteiger partial charge in [-0.25, -0.2) is 0 Å². The first kappa shape index (κ1) is 25.2. The first-order valence-electron chi connectivity index (χ1n) is 14.1. The molecule has 186 valence electrons. The minimum absolute atomic E-state index is 0.518. The highest BCUT2D eigenvalue weighted by Crippen LogP contribution is 2.68. The second-order valence-corrected chi connectivity index (χ2v) is 19.3. The lowest BCUT2D eigenvalue weighted by atomic mass is 9.44. The van der Waals surface area contributed by atoms with Crippen molar-refractivity contribution in [2.45, 2.75) is 137 Å². The standard InChI is InChI=1S/C29H54O2Si/c1-20(13-16-27(2,3)30)24-11-12-25-23-10-9-21-19-22(31-32(6,7)8)14-17-28(21,4)26(23)15-18-29(24,25)5/h20-26,30H,9-19H2,1-8H3/t20-,21+,22?,23?,24-,25?,26?,28+,29-/m1/s1. The van der Waals surface area contributed by atoms with Crippen LogP contribution in [0, 0.1) is 46.3 Å². The molecule has 4 aliphatic rings. The second-order valence-electron chi connectivity index (χ2n) is 14.8. The summed E-state index contributed by atoms with van der Waals surface area (Å²) in [6.07, 6.45) is 15.5. The van der Waals surface area contributed by atoms with Crippen LogP contribution in [0.4, 0.5) is 0 Å². The fourth-order valence-corrected chi connectivity index (χ4v) is 10.8. The van der Waals surface area contributed by atoms with Crippen LogP contribution in [-0.2, 0) is 4.43 Å². The van der Waals surface area contributed by atoms with Crippen LogP contribution in [0.3, 0.4) is 0 Å². The molecule has 32 heavy (non-hydrogen) atoms. The highest BCUT2D eigenvalue weighted by molar-refractivity contribution is 6.69. The molecule has 1 N–H and O–H groups in total. The molecular weight excluding hydrogens is 408 g/mol. The molecule has 4 aliphatic carbocycles. The molecule has 2 nitrogen and oxygen atoms in total. The van der Waals surface area contributed by atoms with Crippen molar-refractivity contribution in [3.05, 3.63) is 0 Å². The second kappa shape index (κ2) is 8.66. The van der Waals surface area contributed by atoms with E-state index in [2.05, 4.69) is 40.4 Å². The summed E-state index contributed by atoms with van der Waals surface area (Å²) >= 11 is 0. The normalized spacial score (nSPS) is 45.7. The molecule has 0 aliphatic heterocycles. The average Bonchev–Trinajstić information content (AvgIpc) is 3.02. The molecule has 0 saturated heterocycles. The number of hydrogen-bond donors (Lipinski definition) is 1. The summed E-state index contributed by atoms with van der Waals surface area (Å²) < 4.78 is 6.60. The largest absolute Gasteiger partial charge is 0.415 e. The molecule has 0 aromatic heterocycles. The van der Waals surface area contributed by atoms with Gasteiger partial charge in [-0.3, -0.25) is 0 Å². The van der Waals surface area contributed by atoms with Crippen LogP contribution in [0.2, 0.25) is 19.6 Å². The highest BCUT2D eigenvalue weighted by atomic mass is 28.4. The first-order chi connectivity index (χ1) is 14.7. The summed E-state index contributed by atoms with van der Waals surface area (Å²) in [5, 5.41) is 10.3. The molecule has 4 fully saturated rings. The van der Waals surface area contributed by atoms with E-state index in [0.717, 1.165) is 41.9 Å². The smallest absolute Gasteiger partial charge is 0.184 e. The molecule has 4 unspecified atom stereocenters. The van der Waals surface area contributed by atoms with Gasteiger partial charge in [0, 0.05) is 6.10 Å². The Morgan fingerprint density at radius 2 is 1.59 bits per heavy atom. The Hall–Kier alpha value is 0.137. The maximum Gasteiger partial charge on any atom is 0.184 e. The van der Waals surface area contributed by atoms with Gasteiger partial charge >= 0.3 is 0 Å². The Morgan fingerprint density at radius 3 is 2.25 bits per heavy atom. The Kier molecular flexibility index (Phi) is 6.83. The van der Waals surface area contributed by atoms with E-state index in [9.17, 15) is 5.11 Å². The molecule has 0 radical (unpaired) electrons. The Labute approximate surface area is 200 Å². The summed E-state index contributed by atoms with van der Waals surface area (Å²) in [5.74, 6) is 5.38. The molecular formula is C29H54O2Si. The highest BCUT2D eigenvalue weighted by Gasteiger charge is 2.60. The first-order valence-corrected chi connectivity index (χ1v) is 17.5. The lowest BCUT2D eigenvalue weighted by Crippen LogP contribution is -2.54. The van der Waals surface area contributed by atoms with Gasteiger partial charge in [-0.1, -0.05) is 20.8 Å². The van der Waals surface area contributed by atoms with Gasteiger partial charge in [0.05, 0.1) is 5.60 Å². The fraction of sp³-hybridized carbons (Fsp3) is 1.00. The maximum atomic E-state index is 10.3. The van der Waals surface area contributed by atoms with E-state index >= 15 is 0 Å². The minimum atomic E-state index is -1.44. The van der Waals surface area contributed by atoms with Crippen LogP contribution in [0.15, 0.2) is 0 Å². The molecule has 0 aromatic carbocycles. The topological polar surface area (TPSA) is 29.5 Å². The van der Waals surface area contributed by atoms with Gasteiger partial charge in [0.15, 0.2) is 8.32 Å². The van der Waals surface area contributed by atoms with Crippen molar-refractivity contribution in [3.63, 3.8) is 0 Å². The predicted octanol–water partition coefficient (Wildman–Crippen LogP) is 8.05. The monoisotopic (exact) mass is 462 g/mol. The third-order valence-corrected chi connectivity index (χ3v) is 12.2. The number of fused-ring (bicyclic) bond motifs is 5. The van der Waals surface area contributed by atoms with Crippen LogP contribution in [0.5, 0.6) is 0 Å². The quantitative estimate of drug-likeness (QED) is 0.404. The van der Waals surface area contributed by atoms with Crippen LogP contribution in [0.25, 0.3) is 0 Å². The zero-order chi connectivity index (χ0) is 23.5. The summed E-state index contributed by atoms with van der Waals surface area (Å²) in [6, 6.07) is 0. The van der Waals surface area contributed by atoms with E-state index < -0.39 is 13.9 Å². The van der Waals surface area contributed by atoms with Gasteiger partial charge in [0.25, 0.3) is 0 Å². The molecule has 0 amide bonds. The van der Waals surface area contributed by atoms with E-state index in [4.69, 9.17) is 4.43 Å². The van der Waals surface area contributed by atoms with Crippen molar-refractivity contribution in [1.82, 2.24) is 0 Å². The average molecular weight is 463 g/mol. The third-order valence-electron chi connectivity index (χ3n) is 11.1. The molecule has 0 spiro atoms. The number of aliphatic hydroxyl groups is 1. The van der Waals surface area contributed by atoms with Crippen molar-refractivity contribution in [1.29, 1.82) is 0 Å². The van der Waals surface area contributed by atoms with Crippen LogP contribution < -0.4 is 0 Å².